The van der Waals surface area contributed by atoms with Gasteiger partial charge in [0, 0.05) is 6.54 Å². The number of ether oxygens (including phenoxy) is 2. The standard InChI is InChI=1S/C10H17NO4.2C2H6/c1-10(2,3)15-9(13)11-4-5-14-8(6-11)7-12;2*1-2/h7-8H,4-6H2,1-3H3;2*1-2H3. The fraction of sp³-hybridized carbons (Fsp3) is 0.857. The first kappa shape index (κ1) is 20.2. The smallest absolute Gasteiger partial charge is 0.410 e. The van der Waals surface area contributed by atoms with Crippen LogP contribution in [0.5, 0.6) is 0 Å². The van der Waals surface area contributed by atoms with Crippen molar-refractivity contribution in [2.24, 2.45) is 0 Å². The Morgan fingerprint density at radius 1 is 1.26 bits per heavy atom. The maximum Gasteiger partial charge on any atom is 0.410 e. The Morgan fingerprint density at radius 3 is 2.21 bits per heavy atom. The highest BCUT2D eigenvalue weighted by molar-refractivity contribution is 5.69. The van der Waals surface area contributed by atoms with Crippen LogP contribution in [0.3, 0.4) is 0 Å². The minimum absolute atomic E-state index is 0.276. The molecule has 19 heavy (non-hydrogen) atoms. The van der Waals surface area contributed by atoms with Crippen LogP contribution in [0.2, 0.25) is 0 Å². The number of carbonyl (C=O) groups excluding carboxylic acids is 2. The highest BCUT2D eigenvalue weighted by atomic mass is 16.6. The molecule has 1 fully saturated rings. The molecule has 5 nitrogen and oxygen atoms in total. The molecule has 1 unspecified atom stereocenters. The van der Waals surface area contributed by atoms with Gasteiger partial charge in [0.1, 0.15) is 11.7 Å². The topological polar surface area (TPSA) is 55.8 Å². The molecule has 114 valence electrons. The molecular formula is C14H29NO4. The van der Waals surface area contributed by atoms with Crippen LogP contribution in [0.1, 0.15) is 48.5 Å². The zero-order valence-corrected chi connectivity index (χ0v) is 13.4. The summed E-state index contributed by atoms with van der Waals surface area (Å²) in [5.41, 5.74) is -0.508. The molecule has 0 N–H and O–H groups in total. The number of hydrogen-bond acceptors (Lipinski definition) is 4. The Hall–Kier alpha value is -1.10. The molecule has 0 aliphatic carbocycles. The first-order valence-electron chi connectivity index (χ1n) is 6.97. The lowest BCUT2D eigenvalue weighted by atomic mass is 10.2. The van der Waals surface area contributed by atoms with E-state index in [1.54, 1.807) is 0 Å². The highest BCUT2D eigenvalue weighted by Gasteiger charge is 2.27. The maximum atomic E-state index is 11.6. The predicted molar refractivity (Wildman–Crippen MR) is 76.3 cm³/mol. The van der Waals surface area contributed by atoms with Gasteiger partial charge >= 0.3 is 6.09 Å². The van der Waals surface area contributed by atoms with Crippen LogP contribution < -0.4 is 0 Å². The van der Waals surface area contributed by atoms with Crippen molar-refractivity contribution in [3.05, 3.63) is 0 Å². The molecule has 0 aromatic heterocycles. The average Bonchev–Trinajstić information content (AvgIpc) is 2.41. The molecular weight excluding hydrogens is 246 g/mol. The van der Waals surface area contributed by atoms with Gasteiger partial charge in [0.15, 0.2) is 6.29 Å². The summed E-state index contributed by atoms with van der Waals surface area (Å²) in [6.45, 7) is 14.5. The monoisotopic (exact) mass is 275 g/mol. The Balaban J connectivity index is 0. The average molecular weight is 275 g/mol. The first-order chi connectivity index (χ1) is 8.92. The molecule has 0 aromatic rings. The summed E-state index contributed by atoms with van der Waals surface area (Å²) >= 11 is 0. The van der Waals surface area contributed by atoms with E-state index in [4.69, 9.17) is 9.47 Å². The van der Waals surface area contributed by atoms with E-state index in [1.807, 2.05) is 48.5 Å². The molecule has 1 aliphatic heterocycles. The highest BCUT2D eigenvalue weighted by Crippen LogP contribution is 2.12. The van der Waals surface area contributed by atoms with Gasteiger partial charge < -0.3 is 19.2 Å². The molecule has 1 rings (SSSR count). The summed E-state index contributed by atoms with van der Waals surface area (Å²) in [5, 5.41) is 0. The van der Waals surface area contributed by atoms with Crippen molar-refractivity contribution in [2.45, 2.75) is 60.2 Å². The number of aldehydes is 1. The van der Waals surface area contributed by atoms with Crippen molar-refractivity contribution in [2.75, 3.05) is 19.7 Å². The van der Waals surface area contributed by atoms with Crippen molar-refractivity contribution in [1.82, 2.24) is 4.90 Å². The maximum absolute atomic E-state index is 11.6. The summed E-state index contributed by atoms with van der Waals surface area (Å²) in [4.78, 5) is 23.6. The van der Waals surface area contributed by atoms with Crippen molar-refractivity contribution in [1.29, 1.82) is 0 Å². The third kappa shape index (κ3) is 9.47. The molecule has 0 aromatic carbocycles. The lowest BCUT2D eigenvalue weighted by Crippen LogP contribution is -2.47. The van der Waals surface area contributed by atoms with Crippen molar-refractivity contribution >= 4 is 12.4 Å². The fourth-order valence-electron chi connectivity index (χ4n) is 1.25. The van der Waals surface area contributed by atoms with E-state index in [1.165, 1.54) is 4.90 Å². The summed E-state index contributed by atoms with van der Waals surface area (Å²) < 4.78 is 10.3. The second-order valence-electron chi connectivity index (χ2n) is 4.47. The molecule has 1 aliphatic rings. The van der Waals surface area contributed by atoms with E-state index < -0.39 is 17.8 Å². The minimum Gasteiger partial charge on any atom is -0.444 e. The first-order valence-corrected chi connectivity index (χ1v) is 6.97. The number of rotatable bonds is 1. The Kier molecular flexibility index (Phi) is 11.5. The fourth-order valence-corrected chi connectivity index (χ4v) is 1.25. The molecule has 0 saturated carbocycles. The number of morpholine rings is 1. The van der Waals surface area contributed by atoms with Gasteiger partial charge in [0.2, 0.25) is 0 Å². The van der Waals surface area contributed by atoms with Gasteiger partial charge in [-0.2, -0.15) is 0 Å². The summed E-state index contributed by atoms with van der Waals surface area (Å²) in [5.74, 6) is 0. The van der Waals surface area contributed by atoms with E-state index in [0.29, 0.717) is 19.4 Å². The van der Waals surface area contributed by atoms with Crippen LogP contribution in [0.4, 0.5) is 4.79 Å². The SMILES string of the molecule is CC.CC.CC(C)(C)OC(=O)N1CCOC(C=O)C1. The molecule has 1 amide bonds. The summed E-state index contributed by atoms with van der Waals surface area (Å²) in [6.07, 6.45) is -0.208. The predicted octanol–water partition coefficient (Wildman–Crippen LogP) is 2.87. The van der Waals surface area contributed by atoms with Gasteiger partial charge in [0.25, 0.3) is 0 Å². The van der Waals surface area contributed by atoms with Crippen molar-refractivity contribution in [3.63, 3.8) is 0 Å². The molecule has 0 bridgehead atoms. The Morgan fingerprint density at radius 2 is 1.79 bits per heavy atom. The van der Waals surface area contributed by atoms with Gasteiger partial charge in [0.05, 0.1) is 13.2 Å². The Labute approximate surface area is 117 Å². The number of amides is 1. The molecule has 5 heteroatoms. The molecule has 1 atom stereocenters. The summed E-state index contributed by atoms with van der Waals surface area (Å²) in [6, 6.07) is 0. The van der Waals surface area contributed by atoms with Gasteiger partial charge in [-0.05, 0) is 20.8 Å². The van der Waals surface area contributed by atoms with Gasteiger partial charge in [-0.15, -0.1) is 0 Å². The van der Waals surface area contributed by atoms with Crippen molar-refractivity contribution in [3.8, 4) is 0 Å². The van der Waals surface area contributed by atoms with E-state index in [2.05, 4.69) is 0 Å². The zero-order valence-electron chi connectivity index (χ0n) is 13.4. The van der Waals surface area contributed by atoms with Crippen LogP contribution in [0.15, 0.2) is 0 Å². The Bertz CT molecular complexity index is 248. The van der Waals surface area contributed by atoms with Gasteiger partial charge in [-0.3, -0.25) is 0 Å². The molecule has 0 radical (unpaired) electrons. The van der Waals surface area contributed by atoms with E-state index in [9.17, 15) is 9.59 Å². The zero-order chi connectivity index (χ0) is 15.5. The molecule has 0 spiro atoms. The number of hydrogen-bond donors (Lipinski definition) is 0. The van der Waals surface area contributed by atoms with E-state index in [-0.39, 0.29) is 6.54 Å². The van der Waals surface area contributed by atoms with E-state index >= 15 is 0 Å². The second kappa shape index (κ2) is 10.8. The van der Waals surface area contributed by atoms with Crippen LogP contribution in [-0.2, 0) is 14.3 Å². The largest absolute Gasteiger partial charge is 0.444 e. The summed E-state index contributed by atoms with van der Waals surface area (Å²) in [7, 11) is 0. The van der Waals surface area contributed by atoms with Gasteiger partial charge in [-0.25, -0.2) is 4.79 Å². The van der Waals surface area contributed by atoms with Crippen LogP contribution in [-0.4, -0.2) is 48.7 Å². The lowest BCUT2D eigenvalue weighted by molar-refractivity contribution is -0.123. The number of nitrogens with zero attached hydrogens (tertiary/aromatic N) is 1. The third-order valence-electron chi connectivity index (χ3n) is 1.90. The van der Waals surface area contributed by atoms with Crippen LogP contribution in [0, 0.1) is 0 Å². The minimum atomic E-state index is -0.522. The lowest BCUT2D eigenvalue weighted by Gasteiger charge is -2.32. The van der Waals surface area contributed by atoms with Crippen molar-refractivity contribution < 1.29 is 19.1 Å². The third-order valence-corrected chi connectivity index (χ3v) is 1.90. The quantitative estimate of drug-likeness (QED) is 0.690. The van der Waals surface area contributed by atoms with E-state index in [0.717, 1.165) is 0 Å². The molecule has 1 saturated heterocycles. The molecule has 1 heterocycles. The van der Waals surface area contributed by atoms with Crippen LogP contribution >= 0.6 is 0 Å². The second-order valence-corrected chi connectivity index (χ2v) is 4.47. The normalized spacial score (nSPS) is 18.3. The van der Waals surface area contributed by atoms with Crippen LogP contribution in [0.25, 0.3) is 0 Å². The van der Waals surface area contributed by atoms with Gasteiger partial charge in [-0.1, -0.05) is 27.7 Å². The number of carbonyl (C=O) groups is 2.